The van der Waals surface area contributed by atoms with Crippen molar-refractivity contribution in [2.24, 2.45) is 0 Å². The van der Waals surface area contributed by atoms with Crippen molar-refractivity contribution in [3.63, 3.8) is 0 Å². The standard InChI is InChI=1S/C23H30O6/c1-15(14-22(4)21(25)23(5,26)17(3)29-22)11-9-7-8-10-12-18-16(2)19(27-6)13-20(24)28-18/h7-14,17,21,25-26H,1-6H3/b8-7+,11-9+,12-10+,15-14+/t17-,21+,22+,23-/m1/s1. The normalized spacial score (nSPS) is 30.8. The minimum Gasteiger partial charge on any atom is -0.496 e. The lowest BCUT2D eigenvalue weighted by atomic mass is 9.86. The summed E-state index contributed by atoms with van der Waals surface area (Å²) < 4.78 is 16.1. The molecule has 1 aromatic rings. The van der Waals surface area contributed by atoms with Gasteiger partial charge in [-0.05, 0) is 46.8 Å². The van der Waals surface area contributed by atoms with E-state index in [1.165, 1.54) is 13.2 Å². The summed E-state index contributed by atoms with van der Waals surface area (Å²) in [6.45, 7) is 8.79. The van der Waals surface area contributed by atoms with Crippen molar-refractivity contribution in [1.29, 1.82) is 0 Å². The molecular formula is C23H30O6. The van der Waals surface area contributed by atoms with E-state index in [-0.39, 0.29) is 0 Å². The first-order chi connectivity index (χ1) is 13.5. The zero-order chi connectivity index (χ0) is 21.8. The number of methoxy groups -OCH3 is 1. The van der Waals surface area contributed by atoms with Crippen LogP contribution in [0.25, 0.3) is 6.08 Å². The molecule has 158 valence electrons. The summed E-state index contributed by atoms with van der Waals surface area (Å²) in [7, 11) is 1.51. The van der Waals surface area contributed by atoms with Crippen LogP contribution in [0.4, 0.5) is 0 Å². The van der Waals surface area contributed by atoms with E-state index in [0.29, 0.717) is 11.5 Å². The van der Waals surface area contributed by atoms with Crippen LogP contribution in [0.1, 0.15) is 39.0 Å². The summed E-state index contributed by atoms with van der Waals surface area (Å²) in [5.74, 6) is 0.934. The van der Waals surface area contributed by atoms with Gasteiger partial charge < -0.3 is 24.1 Å². The van der Waals surface area contributed by atoms with E-state index in [4.69, 9.17) is 13.9 Å². The van der Waals surface area contributed by atoms with Gasteiger partial charge in [0.25, 0.3) is 0 Å². The van der Waals surface area contributed by atoms with Crippen LogP contribution < -0.4 is 10.4 Å². The molecule has 2 rings (SSSR count). The summed E-state index contributed by atoms with van der Waals surface area (Å²) in [6.07, 6.45) is 11.1. The molecule has 0 spiro atoms. The molecule has 0 unspecified atom stereocenters. The van der Waals surface area contributed by atoms with E-state index in [1.807, 2.05) is 38.2 Å². The number of ether oxygens (including phenoxy) is 2. The predicted octanol–water partition coefficient (Wildman–Crippen LogP) is 3.32. The second-order valence-electron chi connectivity index (χ2n) is 7.69. The Morgan fingerprint density at radius 2 is 1.90 bits per heavy atom. The first-order valence-electron chi connectivity index (χ1n) is 9.49. The van der Waals surface area contributed by atoms with Gasteiger partial charge in [0.2, 0.25) is 0 Å². The molecule has 0 radical (unpaired) electrons. The van der Waals surface area contributed by atoms with E-state index in [9.17, 15) is 15.0 Å². The van der Waals surface area contributed by atoms with Gasteiger partial charge in [0.15, 0.2) is 0 Å². The summed E-state index contributed by atoms with van der Waals surface area (Å²) in [5.41, 5.74) is -1.08. The van der Waals surface area contributed by atoms with Crippen LogP contribution in [-0.4, -0.2) is 40.7 Å². The molecule has 2 heterocycles. The molecule has 0 aromatic carbocycles. The fourth-order valence-corrected chi connectivity index (χ4v) is 3.38. The van der Waals surface area contributed by atoms with Gasteiger partial charge in [-0.2, -0.15) is 0 Å². The van der Waals surface area contributed by atoms with Crippen LogP contribution >= 0.6 is 0 Å². The molecule has 1 aromatic heterocycles. The van der Waals surface area contributed by atoms with E-state index < -0.39 is 29.0 Å². The lowest BCUT2D eigenvalue weighted by Gasteiger charge is -2.28. The van der Waals surface area contributed by atoms with Gasteiger partial charge in [-0.25, -0.2) is 4.79 Å². The Hall–Kier alpha value is -2.41. The number of hydrogen-bond acceptors (Lipinski definition) is 6. The average Bonchev–Trinajstić information content (AvgIpc) is 2.79. The van der Waals surface area contributed by atoms with Crippen molar-refractivity contribution in [2.45, 2.75) is 58.0 Å². The predicted molar refractivity (Wildman–Crippen MR) is 113 cm³/mol. The van der Waals surface area contributed by atoms with Crippen LogP contribution in [0.3, 0.4) is 0 Å². The number of aliphatic hydroxyl groups excluding tert-OH is 1. The Bertz CT molecular complexity index is 902. The molecule has 0 amide bonds. The third-order valence-corrected chi connectivity index (χ3v) is 5.22. The van der Waals surface area contributed by atoms with E-state index >= 15 is 0 Å². The van der Waals surface area contributed by atoms with Gasteiger partial charge in [0.05, 0.1) is 19.3 Å². The zero-order valence-corrected chi connectivity index (χ0v) is 17.8. The third-order valence-electron chi connectivity index (χ3n) is 5.22. The molecule has 6 heteroatoms. The molecular weight excluding hydrogens is 372 g/mol. The van der Waals surface area contributed by atoms with Crippen LogP contribution in [0.15, 0.2) is 57.3 Å². The summed E-state index contributed by atoms with van der Waals surface area (Å²) in [4.78, 5) is 11.5. The lowest BCUT2D eigenvalue weighted by molar-refractivity contribution is -0.0579. The number of allylic oxidation sites excluding steroid dienone is 6. The summed E-state index contributed by atoms with van der Waals surface area (Å²) in [5, 5.41) is 20.8. The van der Waals surface area contributed by atoms with Crippen molar-refractivity contribution in [3.8, 4) is 5.75 Å². The van der Waals surface area contributed by atoms with Crippen molar-refractivity contribution in [1.82, 2.24) is 0 Å². The topological polar surface area (TPSA) is 89.1 Å². The lowest BCUT2D eigenvalue weighted by Crippen LogP contribution is -2.47. The molecule has 6 nitrogen and oxygen atoms in total. The second-order valence-corrected chi connectivity index (χ2v) is 7.69. The molecule has 1 aliphatic heterocycles. The molecule has 0 aliphatic carbocycles. The van der Waals surface area contributed by atoms with Crippen molar-refractivity contribution in [2.75, 3.05) is 7.11 Å². The van der Waals surface area contributed by atoms with Gasteiger partial charge in [-0.3, -0.25) is 0 Å². The highest BCUT2D eigenvalue weighted by molar-refractivity contribution is 5.52. The minimum absolute atomic E-state index is 0.445. The fraction of sp³-hybridized carbons (Fsp3) is 0.435. The maximum Gasteiger partial charge on any atom is 0.339 e. The quantitative estimate of drug-likeness (QED) is 0.710. The van der Waals surface area contributed by atoms with E-state index in [0.717, 1.165) is 11.1 Å². The Labute approximate surface area is 171 Å². The van der Waals surface area contributed by atoms with Crippen LogP contribution in [0.2, 0.25) is 0 Å². The molecule has 1 aliphatic rings. The average molecular weight is 402 g/mol. The second kappa shape index (κ2) is 8.95. The van der Waals surface area contributed by atoms with Crippen LogP contribution in [-0.2, 0) is 4.74 Å². The van der Waals surface area contributed by atoms with Gasteiger partial charge in [-0.15, -0.1) is 0 Å². The van der Waals surface area contributed by atoms with Gasteiger partial charge in [0.1, 0.15) is 28.8 Å². The monoisotopic (exact) mass is 402 g/mol. The van der Waals surface area contributed by atoms with Crippen molar-refractivity contribution >= 4 is 6.08 Å². The Kier molecular flexibility index (Phi) is 7.06. The maximum atomic E-state index is 11.5. The highest BCUT2D eigenvalue weighted by atomic mass is 16.6. The highest BCUT2D eigenvalue weighted by Gasteiger charge is 2.55. The zero-order valence-electron chi connectivity index (χ0n) is 17.8. The highest BCUT2D eigenvalue weighted by Crippen LogP contribution is 2.39. The Morgan fingerprint density at radius 1 is 1.24 bits per heavy atom. The maximum absolute atomic E-state index is 11.5. The minimum atomic E-state index is -1.30. The van der Waals surface area contributed by atoms with Gasteiger partial charge in [-0.1, -0.05) is 36.0 Å². The third kappa shape index (κ3) is 5.15. The molecule has 29 heavy (non-hydrogen) atoms. The van der Waals surface area contributed by atoms with E-state index in [1.54, 1.807) is 39.0 Å². The molecule has 1 fully saturated rings. The molecule has 4 atom stereocenters. The molecule has 0 bridgehead atoms. The Morgan fingerprint density at radius 3 is 2.48 bits per heavy atom. The largest absolute Gasteiger partial charge is 0.496 e. The number of hydrogen-bond donors (Lipinski definition) is 2. The van der Waals surface area contributed by atoms with Gasteiger partial charge >= 0.3 is 5.63 Å². The number of aliphatic hydroxyl groups is 2. The summed E-state index contributed by atoms with van der Waals surface area (Å²) >= 11 is 0. The SMILES string of the molecule is COc1cc(=O)oc(/C=C/C=C/C=C/C(C)=C/[C@]2(C)O[C@H](C)[C@@](C)(O)[C@H]2O)c1C. The van der Waals surface area contributed by atoms with Crippen LogP contribution in [0.5, 0.6) is 5.75 Å². The smallest absolute Gasteiger partial charge is 0.339 e. The molecule has 2 N–H and O–H groups in total. The van der Waals surface area contributed by atoms with Crippen LogP contribution in [0, 0.1) is 6.92 Å². The van der Waals surface area contributed by atoms with Crippen molar-refractivity contribution < 1.29 is 24.1 Å². The first-order valence-corrected chi connectivity index (χ1v) is 9.49. The fourth-order valence-electron chi connectivity index (χ4n) is 3.38. The van der Waals surface area contributed by atoms with Gasteiger partial charge in [0, 0.05) is 5.56 Å². The first kappa shape index (κ1) is 22.9. The number of rotatable bonds is 6. The van der Waals surface area contributed by atoms with E-state index in [2.05, 4.69) is 0 Å². The van der Waals surface area contributed by atoms with Crippen molar-refractivity contribution in [3.05, 3.63) is 69.8 Å². The Balaban J connectivity index is 2.04. The molecule has 0 saturated carbocycles. The molecule has 1 saturated heterocycles. The summed E-state index contributed by atoms with van der Waals surface area (Å²) in [6, 6.07) is 1.31.